The van der Waals surface area contributed by atoms with Crippen LogP contribution in [0.1, 0.15) is 27.8 Å². The summed E-state index contributed by atoms with van der Waals surface area (Å²) >= 11 is 6.15. The molecular weight excluding hydrogens is 228 g/mol. The van der Waals surface area contributed by atoms with E-state index in [1.54, 1.807) is 0 Å². The summed E-state index contributed by atoms with van der Waals surface area (Å²) in [4.78, 5) is 0. The Kier molecular flexibility index (Phi) is 3.54. The maximum atomic E-state index is 6.15. The van der Waals surface area contributed by atoms with Gasteiger partial charge in [-0.1, -0.05) is 47.5 Å². The lowest BCUT2D eigenvalue weighted by Crippen LogP contribution is -1.95. The molecular formula is C16H17Cl. The van der Waals surface area contributed by atoms with Crippen LogP contribution in [0.25, 0.3) is 0 Å². The Balaban J connectivity index is 2.38. The third-order valence-electron chi connectivity index (χ3n) is 3.27. The third-order valence-corrected chi connectivity index (χ3v) is 3.67. The molecule has 0 nitrogen and oxygen atoms in total. The molecule has 0 amide bonds. The molecule has 0 aliphatic rings. The minimum absolute atomic E-state index is 0.854. The van der Waals surface area contributed by atoms with Crippen LogP contribution in [0.4, 0.5) is 0 Å². The minimum Gasteiger partial charge on any atom is -0.0840 e. The van der Waals surface area contributed by atoms with Gasteiger partial charge >= 0.3 is 0 Å². The number of hydrogen-bond acceptors (Lipinski definition) is 0. The molecule has 0 spiro atoms. The zero-order valence-electron chi connectivity index (χ0n) is 10.5. The van der Waals surface area contributed by atoms with Gasteiger partial charge in [-0.3, -0.25) is 0 Å². The van der Waals surface area contributed by atoms with Gasteiger partial charge in [0.25, 0.3) is 0 Å². The number of halogens is 1. The van der Waals surface area contributed by atoms with Crippen molar-refractivity contribution in [1.29, 1.82) is 0 Å². The molecule has 17 heavy (non-hydrogen) atoms. The van der Waals surface area contributed by atoms with Gasteiger partial charge in [-0.05, 0) is 55.5 Å². The highest BCUT2D eigenvalue weighted by molar-refractivity contribution is 6.31. The summed E-state index contributed by atoms with van der Waals surface area (Å²) in [5.74, 6) is 0. The van der Waals surface area contributed by atoms with E-state index in [9.17, 15) is 0 Å². The summed E-state index contributed by atoms with van der Waals surface area (Å²) in [6, 6.07) is 12.7. The zero-order valence-corrected chi connectivity index (χ0v) is 11.3. The second kappa shape index (κ2) is 4.93. The highest BCUT2D eigenvalue weighted by Gasteiger charge is 2.05. The molecule has 0 aliphatic heterocycles. The first-order valence-electron chi connectivity index (χ1n) is 5.88. The van der Waals surface area contributed by atoms with E-state index in [0.717, 1.165) is 11.4 Å². The average Bonchev–Trinajstić information content (AvgIpc) is 2.30. The topological polar surface area (TPSA) is 0 Å². The van der Waals surface area contributed by atoms with Crippen molar-refractivity contribution in [3.63, 3.8) is 0 Å². The van der Waals surface area contributed by atoms with Crippen LogP contribution >= 0.6 is 11.6 Å². The van der Waals surface area contributed by atoms with Gasteiger partial charge in [-0.25, -0.2) is 0 Å². The monoisotopic (exact) mass is 244 g/mol. The first-order valence-corrected chi connectivity index (χ1v) is 6.26. The van der Waals surface area contributed by atoms with E-state index in [4.69, 9.17) is 11.6 Å². The Hall–Kier alpha value is -1.27. The van der Waals surface area contributed by atoms with Gasteiger partial charge in [0.05, 0.1) is 0 Å². The van der Waals surface area contributed by atoms with Crippen molar-refractivity contribution in [3.05, 3.63) is 69.2 Å². The van der Waals surface area contributed by atoms with Crippen LogP contribution in [0.5, 0.6) is 0 Å². The molecule has 0 aliphatic carbocycles. The van der Waals surface area contributed by atoms with E-state index in [0.29, 0.717) is 0 Å². The van der Waals surface area contributed by atoms with Crippen LogP contribution in [-0.4, -0.2) is 0 Å². The molecule has 2 aromatic rings. The van der Waals surface area contributed by atoms with Crippen LogP contribution in [0, 0.1) is 20.8 Å². The fourth-order valence-electron chi connectivity index (χ4n) is 2.04. The molecule has 0 aromatic heterocycles. The van der Waals surface area contributed by atoms with E-state index in [1.807, 2.05) is 12.1 Å². The van der Waals surface area contributed by atoms with Crippen molar-refractivity contribution in [2.45, 2.75) is 27.2 Å². The first-order chi connectivity index (χ1) is 8.08. The molecule has 1 heteroatoms. The first kappa shape index (κ1) is 12.2. The Morgan fingerprint density at radius 2 is 1.71 bits per heavy atom. The van der Waals surface area contributed by atoms with E-state index in [1.165, 1.54) is 27.8 Å². The second-order valence-corrected chi connectivity index (χ2v) is 5.04. The molecule has 0 heterocycles. The molecule has 0 saturated carbocycles. The molecule has 2 rings (SSSR count). The molecule has 0 fully saturated rings. The summed E-state index contributed by atoms with van der Waals surface area (Å²) in [6.07, 6.45) is 0.958. The highest BCUT2D eigenvalue weighted by Crippen LogP contribution is 2.23. The smallest absolute Gasteiger partial charge is 0.0438 e. The number of rotatable bonds is 2. The number of benzene rings is 2. The summed E-state index contributed by atoms with van der Waals surface area (Å²) in [5.41, 5.74) is 6.54. The normalized spacial score (nSPS) is 10.6. The zero-order chi connectivity index (χ0) is 12.4. The summed E-state index contributed by atoms with van der Waals surface area (Å²) in [5, 5.41) is 0.854. The Morgan fingerprint density at radius 3 is 2.47 bits per heavy atom. The summed E-state index contributed by atoms with van der Waals surface area (Å²) in [7, 11) is 0. The van der Waals surface area contributed by atoms with Gasteiger partial charge in [0, 0.05) is 5.02 Å². The standard InChI is InChI=1S/C16H17Cl/c1-11-7-8-12(2)15(9-11)10-14-5-4-6-16(17)13(14)3/h4-9H,10H2,1-3H3. The van der Waals surface area contributed by atoms with Gasteiger partial charge < -0.3 is 0 Å². The van der Waals surface area contributed by atoms with E-state index >= 15 is 0 Å². The Labute approximate surface area is 108 Å². The molecule has 0 unspecified atom stereocenters. The molecule has 0 bridgehead atoms. The fraction of sp³-hybridized carbons (Fsp3) is 0.250. The Bertz CT molecular complexity index is 541. The maximum absolute atomic E-state index is 6.15. The SMILES string of the molecule is Cc1ccc(C)c(Cc2cccc(Cl)c2C)c1. The minimum atomic E-state index is 0.854. The van der Waals surface area contributed by atoms with Gasteiger partial charge in [-0.15, -0.1) is 0 Å². The lowest BCUT2D eigenvalue weighted by Gasteiger charge is -2.10. The maximum Gasteiger partial charge on any atom is 0.0438 e. The van der Waals surface area contributed by atoms with Crippen molar-refractivity contribution in [2.75, 3.05) is 0 Å². The van der Waals surface area contributed by atoms with Crippen LogP contribution < -0.4 is 0 Å². The van der Waals surface area contributed by atoms with Crippen LogP contribution in [0.2, 0.25) is 5.02 Å². The van der Waals surface area contributed by atoms with Gasteiger partial charge in [-0.2, -0.15) is 0 Å². The molecule has 0 radical (unpaired) electrons. The molecule has 88 valence electrons. The Morgan fingerprint density at radius 1 is 0.941 bits per heavy atom. The predicted molar refractivity (Wildman–Crippen MR) is 74.9 cm³/mol. The summed E-state index contributed by atoms with van der Waals surface area (Å²) in [6.45, 7) is 6.38. The number of aryl methyl sites for hydroxylation is 2. The third kappa shape index (κ3) is 2.70. The van der Waals surface area contributed by atoms with Crippen LogP contribution in [0.3, 0.4) is 0 Å². The van der Waals surface area contributed by atoms with E-state index in [2.05, 4.69) is 45.0 Å². The molecule has 2 aromatic carbocycles. The molecule has 0 atom stereocenters. The quantitative estimate of drug-likeness (QED) is 0.708. The average molecular weight is 245 g/mol. The van der Waals surface area contributed by atoms with Crippen LogP contribution in [-0.2, 0) is 6.42 Å². The number of hydrogen-bond donors (Lipinski definition) is 0. The van der Waals surface area contributed by atoms with E-state index < -0.39 is 0 Å². The van der Waals surface area contributed by atoms with Crippen molar-refractivity contribution in [1.82, 2.24) is 0 Å². The van der Waals surface area contributed by atoms with Crippen molar-refractivity contribution < 1.29 is 0 Å². The summed E-state index contributed by atoms with van der Waals surface area (Å²) < 4.78 is 0. The second-order valence-electron chi connectivity index (χ2n) is 4.63. The van der Waals surface area contributed by atoms with E-state index in [-0.39, 0.29) is 0 Å². The fourth-order valence-corrected chi connectivity index (χ4v) is 2.23. The van der Waals surface area contributed by atoms with Crippen LogP contribution in [0.15, 0.2) is 36.4 Å². The van der Waals surface area contributed by atoms with Crippen molar-refractivity contribution in [3.8, 4) is 0 Å². The van der Waals surface area contributed by atoms with Crippen molar-refractivity contribution >= 4 is 11.6 Å². The molecule has 0 N–H and O–H groups in total. The lowest BCUT2D eigenvalue weighted by molar-refractivity contribution is 1.12. The highest BCUT2D eigenvalue weighted by atomic mass is 35.5. The van der Waals surface area contributed by atoms with Gasteiger partial charge in [0.2, 0.25) is 0 Å². The molecule has 0 saturated heterocycles. The predicted octanol–water partition coefficient (Wildman–Crippen LogP) is 4.86. The van der Waals surface area contributed by atoms with Gasteiger partial charge in [0.1, 0.15) is 0 Å². The lowest BCUT2D eigenvalue weighted by atomic mass is 9.96. The van der Waals surface area contributed by atoms with Crippen molar-refractivity contribution in [2.24, 2.45) is 0 Å². The van der Waals surface area contributed by atoms with Gasteiger partial charge in [0.15, 0.2) is 0 Å². The largest absolute Gasteiger partial charge is 0.0840 e.